The molecular formula is C14H11N3O2. The zero-order chi connectivity index (χ0) is 13.7. The molecule has 5 nitrogen and oxygen atoms in total. The maximum atomic E-state index is 11.7. The molecule has 0 fully saturated rings. The summed E-state index contributed by atoms with van der Waals surface area (Å²) in [5.41, 5.74) is 1.08. The molecule has 0 spiro atoms. The Balaban J connectivity index is 1.99. The third-order valence-corrected chi connectivity index (χ3v) is 2.48. The molecule has 0 aliphatic carbocycles. The lowest BCUT2D eigenvalue weighted by Crippen LogP contribution is -2.19. The summed E-state index contributed by atoms with van der Waals surface area (Å²) in [4.78, 5) is 22.7. The molecular weight excluding hydrogens is 242 g/mol. The quantitative estimate of drug-likeness (QED) is 0.897. The van der Waals surface area contributed by atoms with E-state index < -0.39 is 0 Å². The molecule has 1 amide bonds. The second-order valence-electron chi connectivity index (χ2n) is 3.94. The van der Waals surface area contributed by atoms with Crippen LogP contribution < -0.4 is 10.7 Å². The van der Waals surface area contributed by atoms with Crippen LogP contribution in [0.15, 0.2) is 53.6 Å². The van der Waals surface area contributed by atoms with Gasteiger partial charge in [0.2, 0.25) is 5.91 Å². The fourth-order valence-corrected chi connectivity index (χ4v) is 1.54. The fourth-order valence-electron chi connectivity index (χ4n) is 1.54. The van der Waals surface area contributed by atoms with Crippen LogP contribution >= 0.6 is 0 Å². The van der Waals surface area contributed by atoms with E-state index >= 15 is 0 Å². The molecule has 0 bridgehead atoms. The van der Waals surface area contributed by atoms with Gasteiger partial charge in [0.15, 0.2) is 5.43 Å². The van der Waals surface area contributed by atoms with Crippen LogP contribution in [-0.2, 0) is 11.3 Å². The van der Waals surface area contributed by atoms with Crippen molar-refractivity contribution in [2.45, 2.75) is 6.54 Å². The van der Waals surface area contributed by atoms with Gasteiger partial charge in [-0.25, -0.2) is 0 Å². The molecule has 0 aliphatic rings. The Morgan fingerprint density at radius 3 is 2.37 bits per heavy atom. The third kappa shape index (κ3) is 3.54. The molecule has 0 atom stereocenters. The highest BCUT2D eigenvalue weighted by molar-refractivity contribution is 5.90. The first-order chi connectivity index (χ1) is 9.17. The summed E-state index contributed by atoms with van der Waals surface area (Å²) in [6.07, 6.45) is 3.11. The number of aromatic nitrogens is 1. The second kappa shape index (κ2) is 5.65. The first-order valence-corrected chi connectivity index (χ1v) is 5.63. The van der Waals surface area contributed by atoms with Gasteiger partial charge in [0, 0.05) is 30.2 Å². The van der Waals surface area contributed by atoms with Crippen LogP contribution in [0.25, 0.3) is 0 Å². The molecule has 0 saturated heterocycles. The van der Waals surface area contributed by atoms with E-state index in [0.29, 0.717) is 11.3 Å². The summed E-state index contributed by atoms with van der Waals surface area (Å²) in [7, 11) is 0. The molecule has 0 aliphatic heterocycles. The Morgan fingerprint density at radius 2 is 1.79 bits per heavy atom. The Morgan fingerprint density at radius 1 is 1.16 bits per heavy atom. The summed E-state index contributed by atoms with van der Waals surface area (Å²) < 4.78 is 1.61. The minimum atomic E-state index is -0.201. The van der Waals surface area contributed by atoms with Crippen molar-refractivity contribution >= 4 is 11.6 Å². The van der Waals surface area contributed by atoms with E-state index in [-0.39, 0.29) is 17.9 Å². The number of carbonyl (C=O) groups excluding carboxylic acids is 1. The van der Waals surface area contributed by atoms with Gasteiger partial charge >= 0.3 is 0 Å². The number of anilines is 1. The monoisotopic (exact) mass is 253 g/mol. The highest BCUT2D eigenvalue weighted by Crippen LogP contribution is 2.08. The number of pyridine rings is 1. The summed E-state index contributed by atoms with van der Waals surface area (Å²) >= 11 is 0. The number of rotatable bonds is 3. The van der Waals surface area contributed by atoms with Gasteiger partial charge in [-0.1, -0.05) is 0 Å². The molecule has 19 heavy (non-hydrogen) atoms. The lowest BCUT2D eigenvalue weighted by molar-refractivity contribution is -0.116. The predicted octanol–water partition coefficient (Wildman–Crippen LogP) is 1.36. The van der Waals surface area contributed by atoms with Gasteiger partial charge < -0.3 is 9.88 Å². The maximum Gasteiger partial charge on any atom is 0.244 e. The number of nitrogens with one attached hydrogen (secondary N) is 1. The first kappa shape index (κ1) is 12.6. The number of nitriles is 1. The van der Waals surface area contributed by atoms with Gasteiger partial charge in [0.05, 0.1) is 11.6 Å². The van der Waals surface area contributed by atoms with Crippen molar-refractivity contribution in [1.82, 2.24) is 4.57 Å². The Hall–Kier alpha value is -2.87. The van der Waals surface area contributed by atoms with E-state index in [1.807, 2.05) is 6.07 Å². The molecule has 2 aromatic rings. The minimum absolute atomic E-state index is 0.0937. The zero-order valence-corrected chi connectivity index (χ0v) is 10.0. The van der Waals surface area contributed by atoms with Gasteiger partial charge in [-0.2, -0.15) is 5.26 Å². The van der Waals surface area contributed by atoms with E-state index in [1.54, 1.807) is 41.2 Å². The van der Waals surface area contributed by atoms with Crippen molar-refractivity contribution in [2.24, 2.45) is 0 Å². The highest BCUT2D eigenvalue weighted by atomic mass is 16.2. The van der Waals surface area contributed by atoms with E-state index in [4.69, 9.17) is 5.26 Å². The first-order valence-electron chi connectivity index (χ1n) is 5.63. The molecule has 1 aromatic heterocycles. The van der Waals surface area contributed by atoms with E-state index in [0.717, 1.165) is 0 Å². The standard InChI is InChI=1S/C14H11N3O2/c15-9-11-1-3-12(4-2-11)16-14(19)10-17-7-5-13(18)6-8-17/h1-8H,10H2,(H,16,19). The second-order valence-corrected chi connectivity index (χ2v) is 3.94. The fraction of sp³-hybridized carbons (Fsp3) is 0.0714. The summed E-state index contributed by atoms with van der Waals surface area (Å²) in [6, 6.07) is 11.4. The van der Waals surface area contributed by atoms with Crippen molar-refractivity contribution < 1.29 is 4.79 Å². The highest BCUT2D eigenvalue weighted by Gasteiger charge is 2.02. The Kier molecular flexibility index (Phi) is 3.74. The van der Waals surface area contributed by atoms with Crippen molar-refractivity contribution in [2.75, 3.05) is 5.32 Å². The third-order valence-electron chi connectivity index (χ3n) is 2.48. The molecule has 2 rings (SSSR count). The van der Waals surface area contributed by atoms with Crippen molar-refractivity contribution in [3.05, 3.63) is 64.6 Å². The molecule has 1 heterocycles. The van der Waals surface area contributed by atoms with Gasteiger partial charge in [0.25, 0.3) is 0 Å². The van der Waals surface area contributed by atoms with Crippen LogP contribution in [0.4, 0.5) is 5.69 Å². The smallest absolute Gasteiger partial charge is 0.244 e. The van der Waals surface area contributed by atoms with E-state index in [9.17, 15) is 9.59 Å². The molecule has 1 aromatic carbocycles. The number of hydrogen-bond acceptors (Lipinski definition) is 3. The maximum absolute atomic E-state index is 11.7. The lowest BCUT2D eigenvalue weighted by Gasteiger charge is -2.07. The number of carbonyl (C=O) groups is 1. The number of hydrogen-bond donors (Lipinski definition) is 1. The van der Waals surface area contributed by atoms with Crippen LogP contribution in [-0.4, -0.2) is 10.5 Å². The van der Waals surface area contributed by atoms with Crippen LogP contribution in [0.5, 0.6) is 0 Å². The van der Waals surface area contributed by atoms with E-state index in [2.05, 4.69) is 5.32 Å². The number of benzene rings is 1. The topological polar surface area (TPSA) is 74.9 Å². The largest absolute Gasteiger partial charge is 0.345 e. The van der Waals surface area contributed by atoms with E-state index in [1.165, 1.54) is 12.1 Å². The Labute approximate surface area is 109 Å². The van der Waals surface area contributed by atoms with Crippen LogP contribution in [0.3, 0.4) is 0 Å². The Bertz CT molecular complexity index is 661. The summed E-state index contributed by atoms with van der Waals surface area (Å²) in [6.45, 7) is 0.125. The van der Waals surface area contributed by atoms with Gasteiger partial charge in [-0.05, 0) is 24.3 Å². The van der Waals surface area contributed by atoms with Gasteiger partial charge in [-0.15, -0.1) is 0 Å². The molecule has 5 heteroatoms. The van der Waals surface area contributed by atoms with Crippen molar-refractivity contribution in [3.8, 4) is 6.07 Å². The molecule has 1 N–H and O–H groups in total. The zero-order valence-electron chi connectivity index (χ0n) is 10.0. The summed E-state index contributed by atoms with van der Waals surface area (Å²) in [5, 5.41) is 11.4. The van der Waals surface area contributed by atoms with Crippen LogP contribution in [0, 0.1) is 11.3 Å². The average molecular weight is 253 g/mol. The van der Waals surface area contributed by atoms with Gasteiger partial charge in [-0.3, -0.25) is 9.59 Å². The normalized spacial score (nSPS) is 9.63. The van der Waals surface area contributed by atoms with Crippen LogP contribution in [0.2, 0.25) is 0 Å². The molecule has 94 valence electrons. The molecule has 0 radical (unpaired) electrons. The lowest BCUT2D eigenvalue weighted by atomic mass is 10.2. The minimum Gasteiger partial charge on any atom is -0.345 e. The molecule has 0 unspecified atom stereocenters. The average Bonchev–Trinajstić information content (AvgIpc) is 2.42. The summed E-state index contributed by atoms with van der Waals surface area (Å²) in [5.74, 6) is -0.201. The number of nitrogens with zero attached hydrogens (tertiary/aromatic N) is 2. The van der Waals surface area contributed by atoms with Crippen molar-refractivity contribution in [1.29, 1.82) is 5.26 Å². The van der Waals surface area contributed by atoms with Gasteiger partial charge in [0.1, 0.15) is 6.54 Å². The predicted molar refractivity (Wildman–Crippen MR) is 70.5 cm³/mol. The number of amides is 1. The van der Waals surface area contributed by atoms with Crippen LogP contribution in [0.1, 0.15) is 5.56 Å². The SMILES string of the molecule is N#Cc1ccc(NC(=O)Cn2ccc(=O)cc2)cc1. The molecule has 0 saturated carbocycles. The van der Waals surface area contributed by atoms with Crippen molar-refractivity contribution in [3.63, 3.8) is 0 Å².